The molecule has 1 N–H and O–H groups in total. The van der Waals surface area contributed by atoms with Gasteiger partial charge in [-0.15, -0.1) is 0 Å². The number of carbonyl (C=O) groups is 1. The van der Waals surface area contributed by atoms with Gasteiger partial charge < -0.3 is 9.47 Å². The molecule has 2 atom stereocenters. The Morgan fingerprint density at radius 1 is 1.19 bits per heavy atom. The third-order valence-electron chi connectivity index (χ3n) is 4.58. The van der Waals surface area contributed by atoms with Gasteiger partial charge >= 0.3 is 5.97 Å². The van der Waals surface area contributed by atoms with Gasteiger partial charge in [-0.1, -0.05) is 30.3 Å². The monoisotopic (exact) mass is 459 g/mol. The molecule has 168 valence electrons. The van der Waals surface area contributed by atoms with E-state index in [0.717, 1.165) is 5.56 Å². The average Bonchev–Trinajstić information content (AvgIpc) is 2.78. The van der Waals surface area contributed by atoms with Crippen LogP contribution in [0.5, 0.6) is 5.75 Å². The zero-order valence-electron chi connectivity index (χ0n) is 17.5. The second-order valence-electron chi connectivity index (χ2n) is 6.87. The summed E-state index contributed by atoms with van der Waals surface area (Å²) in [7, 11) is -2.23. The number of benzene rings is 2. The van der Waals surface area contributed by atoms with Crippen LogP contribution < -0.4 is 9.82 Å². The molecule has 10 nitrogen and oxygen atoms in total. The molecule has 0 saturated carbocycles. The molecule has 0 spiro atoms. The fraction of sp³-hybridized carbons (Fsp3) is 0.238. The molecule has 11 heteroatoms. The largest absolute Gasteiger partial charge is 0.468 e. The number of esters is 1. The molecule has 0 fully saturated rings. The van der Waals surface area contributed by atoms with Crippen molar-refractivity contribution in [3.8, 4) is 5.75 Å². The minimum Gasteiger partial charge on any atom is -0.468 e. The molecular weight excluding hydrogens is 437 g/mol. The van der Waals surface area contributed by atoms with E-state index in [0.29, 0.717) is 5.39 Å². The molecule has 0 aliphatic rings. The van der Waals surface area contributed by atoms with E-state index in [1.807, 2.05) is 30.3 Å². The molecule has 0 aliphatic heterocycles. The van der Waals surface area contributed by atoms with E-state index >= 15 is 0 Å². The third kappa shape index (κ3) is 5.88. The molecule has 3 rings (SSSR count). The number of nitro benzene ring substituents is 1. The summed E-state index contributed by atoms with van der Waals surface area (Å²) in [5, 5.41) is 14.2. The lowest BCUT2D eigenvalue weighted by molar-refractivity contribution is -0.383. The predicted octanol–water partition coefficient (Wildman–Crippen LogP) is 3.69. The van der Waals surface area contributed by atoms with Gasteiger partial charge in [0.25, 0.3) is 13.2 Å². The summed E-state index contributed by atoms with van der Waals surface area (Å²) < 4.78 is 28.6. The number of pyridine rings is 1. The van der Waals surface area contributed by atoms with E-state index in [2.05, 4.69) is 10.1 Å². The van der Waals surface area contributed by atoms with Crippen molar-refractivity contribution in [1.82, 2.24) is 10.1 Å². The highest BCUT2D eigenvalue weighted by Crippen LogP contribution is 2.39. The molecule has 1 unspecified atom stereocenters. The van der Waals surface area contributed by atoms with Crippen molar-refractivity contribution in [3.05, 3.63) is 76.5 Å². The van der Waals surface area contributed by atoms with Crippen LogP contribution in [0, 0.1) is 10.1 Å². The number of carbonyl (C=O) groups excluding carboxylic acids is 1. The van der Waals surface area contributed by atoms with Crippen molar-refractivity contribution >= 4 is 30.1 Å². The van der Waals surface area contributed by atoms with Gasteiger partial charge in [0.2, 0.25) is 0 Å². The minimum absolute atomic E-state index is 0.106. The number of nitro groups is 1. The van der Waals surface area contributed by atoms with E-state index in [1.165, 1.54) is 32.1 Å². The lowest BCUT2D eigenvalue weighted by atomic mass is 10.1. The number of hydrogen-bond acceptors (Lipinski definition) is 8. The highest BCUT2D eigenvalue weighted by Gasteiger charge is 2.28. The highest BCUT2D eigenvalue weighted by atomic mass is 31.2. The summed E-state index contributed by atoms with van der Waals surface area (Å²) in [6.07, 6.45) is 1.74. The summed E-state index contributed by atoms with van der Waals surface area (Å²) in [6.45, 7) is 0.896. The Morgan fingerprint density at radius 2 is 1.94 bits per heavy atom. The number of fused-ring (bicyclic) bond motifs is 1. The van der Waals surface area contributed by atoms with E-state index < -0.39 is 31.2 Å². The van der Waals surface area contributed by atoms with Crippen molar-refractivity contribution in [2.24, 2.45) is 0 Å². The average molecular weight is 459 g/mol. The lowest BCUT2D eigenvalue weighted by Crippen LogP contribution is -2.38. The van der Waals surface area contributed by atoms with Gasteiger partial charge in [0.05, 0.1) is 17.4 Å². The zero-order valence-corrected chi connectivity index (χ0v) is 18.4. The van der Waals surface area contributed by atoms with E-state index in [-0.39, 0.29) is 23.4 Å². The molecule has 0 bridgehead atoms. The molecule has 0 radical (unpaired) electrons. The van der Waals surface area contributed by atoms with Crippen LogP contribution in [0.3, 0.4) is 0 Å². The molecule has 1 aromatic heterocycles. The maximum absolute atomic E-state index is 12.9. The number of non-ortho nitro benzene ring substituents is 1. The number of ether oxygens (including phenoxy) is 2. The number of aromatic nitrogens is 1. The number of hydrogen-bond donors (Lipinski definition) is 1. The first-order chi connectivity index (χ1) is 15.3. The van der Waals surface area contributed by atoms with E-state index in [1.54, 1.807) is 12.1 Å². The van der Waals surface area contributed by atoms with E-state index in [9.17, 15) is 19.5 Å². The second kappa shape index (κ2) is 10.3. The Hall–Kier alpha value is -3.33. The molecule has 1 heterocycles. The predicted molar refractivity (Wildman–Crippen MR) is 118 cm³/mol. The molecule has 0 aliphatic carbocycles. The standard InChI is InChI=1S/C21H22N3O7P/c1-29-21(25)17(13-15-7-4-3-5-8-15)23-32(2,28)31-14-30-19-11-10-18(24(26)27)16-9-6-12-22-20(16)19/h3-12,17H,13-14H2,1-2H3,(H,23,28)/t17-,32?/m0/s1. The Morgan fingerprint density at radius 3 is 2.62 bits per heavy atom. The Bertz CT molecular complexity index is 1160. The van der Waals surface area contributed by atoms with Gasteiger partial charge in [-0.2, -0.15) is 0 Å². The van der Waals surface area contributed by atoms with Crippen molar-refractivity contribution < 1.29 is 28.3 Å². The van der Waals surface area contributed by atoms with Gasteiger partial charge in [-0.25, -0.2) is 5.09 Å². The van der Waals surface area contributed by atoms with Crippen LogP contribution in [0.1, 0.15) is 5.56 Å². The fourth-order valence-electron chi connectivity index (χ4n) is 3.09. The van der Waals surface area contributed by atoms with Crippen LogP contribution >= 0.6 is 7.52 Å². The maximum atomic E-state index is 12.9. The molecule has 3 aromatic rings. The molecular formula is C21H22N3O7P. The van der Waals surface area contributed by atoms with Crippen molar-refractivity contribution in [2.45, 2.75) is 12.5 Å². The first-order valence-corrected chi connectivity index (χ1v) is 11.6. The van der Waals surface area contributed by atoms with Crippen LogP contribution in [0.25, 0.3) is 10.9 Å². The maximum Gasteiger partial charge on any atom is 0.323 e. The summed E-state index contributed by atoms with van der Waals surface area (Å²) >= 11 is 0. The number of rotatable bonds is 10. The van der Waals surface area contributed by atoms with Crippen molar-refractivity contribution in [3.63, 3.8) is 0 Å². The Balaban J connectivity index is 1.68. The molecule has 2 aromatic carbocycles. The molecule has 0 saturated heterocycles. The topological polar surface area (TPSA) is 130 Å². The summed E-state index contributed by atoms with van der Waals surface area (Å²) in [5.74, 6) is -0.342. The van der Waals surface area contributed by atoms with Crippen molar-refractivity contribution in [2.75, 3.05) is 20.6 Å². The van der Waals surface area contributed by atoms with Gasteiger partial charge in [0.15, 0.2) is 6.79 Å². The SMILES string of the molecule is COC(=O)[C@H](Cc1ccccc1)NP(C)(=O)OCOc1ccc([N+](=O)[O-])c2cccnc12. The first kappa shape index (κ1) is 23.3. The Kier molecular flexibility index (Phi) is 7.53. The van der Waals surface area contributed by atoms with Crippen LogP contribution in [-0.4, -0.2) is 42.5 Å². The highest BCUT2D eigenvalue weighted by molar-refractivity contribution is 7.56. The van der Waals surface area contributed by atoms with Crippen LogP contribution in [-0.2, 0) is 25.0 Å². The second-order valence-corrected chi connectivity index (χ2v) is 9.08. The third-order valence-corrected chi connectivity index (χ3v) is 5.96. The normalized spacial score (nSPS) is 13.8. The van der Waals surface area contributed by atoms with Gasteiger partial charge in [0.1, 0.15) is 17.3 Å². The van der Waals surface area contributed by atoms with Crippen molar-refractivity contribution in [1.29, 1.82) is 0 Å². The Labute approximate surface area is 184 Å². The minimum atomic E-state index is -3.48. The summed E-state index contributed by atoms with van der Waals surface area (Å²) in [4.78, 5) is 27.0. The lowest BCUT2D eigenvalue weighted by Gasteiger charge is -2.22. The van der Waals surface area contributed by atoms with Gasteiger partial charge in [-0.05, 0) is 30.2 Å². The molecule has 0 amide bonds. The zero-order chi connectivity index (χ0) is 23.1. The van der Waals surface area contributed by atoms with Gasteiger partial charge in [0, 0.05) is 18.9 Å². The number of nitrogens with zero attached hydrogens (tertiary/aromatic N) is 2. The van der Waals surface area contributed by atoms with Gasteiger partial charge in [-0.3, -0.25) is 29.0 Å². The number of nitrogens with one attached hydrogen (secondary N) is 1. The van der Waals surface area contributed by atoms with E-state index in [4.69, 9.17) is 14.0 Å². The summed E-state index contributed by atoms with van der Waals surface area (Å²) in [5.41, 5.74) is 1.03. The smallest absolute Gasteiger partial charge is 0.323 e. The van der Waals surface area contributed by atoms with Crippen LogP contribution in [0.15, 0.2) is 60.8 Å². The fourth-order valence-corrected chi connectivity index (χ4v) is 4.18. The van der Waals surface area contributed by atoms with Crippen LogP contribution in [0.4, 0.5) is 5.69 Å². The quantitative estimate of drug-likeness (QED) is 0.159. The molecule has 32 heavy (non-hydrogen) atoms. The number of methoxy groups -OCH3 is 1. The first-order valence-electron chi connectivity index (χ1n) is 9.57. The summed E-state index contributed by atoms with van der Waals surface area (Å²) in [6, 6.07) is 14.2. The van der Waals surface area contributed by atoms with Crippen LogP contribution in [0.2, 0.25) is 0 Å².